The third kappa shape index (κ3) is 2.42. The zero-order valence-electron chi connectivity index (χ0n) is 12.8. The molecule has 7 heteroatoms. The lowest BCUT2D eigenvalue weighted by atomic mass is 10.3. The quantitative estimate of drug-likeness (QED) is 0.630. The number of rotatable bonds is 3. The van der Waals surface area contributed by atoms with Gasteiger partial charge in [0.2, 0.25) is 0 Å². The first-order valence-electron chi connectivity index (χ1n) is 7.24. The van der Waals surface area contributed by atoms with Crippen LogP contribution in [-0.4, -0.2) is 29.3 Å². The van der Waals surface area contributed by atoms with Crippen molar-refractivity contribution in [2.75, 3.05) is 5.32 Å². The number of imidazole rings is 1. The standard InChI is InChI=1S/C16H15N7/c1-11-8-9-23(21-11)16-19-14(18-12-6-4-3-5-7-12)13-15(20-16)22(2)10-17-13/h3-10H,1-2H3,(H,18,19,20). The Bertz CT molecular complexity index is 969. The molecule has 0 atom stereocenters. The molecule has 0 aliphatic heterocycles. The highest BCUT2D eigenvalue weighted by Crippen LogP contribution is 2.23. The molecular formula is C16H15N7. The fraction of sp³-hybridized carbons (Fsp3) is 0.125. The van der Waals surface area contributed by atoms with Gasteiger partial charge in [0.1, 0.15) is 0 Å². The predicted octanol–water partition coefficient (Wildman–Crippen LogP) is 2.60. The van der Waals surface area contributed by atoms with Crippen LogP contribution in [0.25, 0.3) is 17.1 Å². The average Bonchev–Trinajstić information content (AvgIpc) is 3.15. The summed E-state index contributed by atoms with van der Waals surface area (Å²) in [6.07, 6.45) is 3.58. The molecule has 114 valence electrons. The smallest absolute Gasteiger partial charge is 0.254 e. The number of hydrogen-bond donors (Lipinski definition) is 1. The molecule has 0 saturated carbocycles. The average molecular weight is 305 g/mol. The highest BCUT2D eigenvalue weighted by Gasteiger charge is 2.14. The number of nitrogens with zero attached hydrogens (tertiary/aromatic N) is 6. The third-order valence-corrected chi connectivity index (χ3v) is 3.51. The maximum absolute atomic E-state index is 4.60. The molecule has 4 aromatic rings. The van der Waals surface area contributed by atoms with Crippen LogP contribution >= 0.6 is 0 Å². The number of aryl methyl sites for hydroxylation is 2. The highest BCUT2D eigenvalue weighted by atomic mass is 15.4. The van der Waals surface area contributed by atoms with Crippen LogP contribution in [0.3, 0.4) is 0 Å². The van der Waals surface area contributed by atoms with Crippen LogP contribution in [0, 0.1) is 6.92 Å². The minimum atomic E-state index is 0.507. The van der Waals surface area contributed by atoms with Crippen molar-refractivity contribution in [1.82, 2.24) is 29.3 Å². The van der Waals surface area contributed by atoms with Gasteiger partial charge in [0.15, 0.2) is 17.0 Å². The topological polar surface area (TPSA) is 73.5 Å². The zero-order valence-corrected chi connectivity index (χ0v) is 12.8. The summed E-state index contributed by atoms with van der Waals surface area (Å²) >= 11 is 0. The lowest BCUT2D eigenvalue weighted by Gasteiger charge is -2.08. The van der Waals surface area contributed by atoms with E-state index >= 15 is 0 Å². The molecule has 7 nitrogen and oxygen atoms in total. The summed E-state index contributed by atoms with van der Waals surface area (Å²) in [5.41, 5.74) is 3.34. The van der Waals surface area contributed by atoms with Gasteiger partial charge in [0.25, 0.3) is 5.95 Å². The van der Waals surface area contributed by atoms with Crippen molar-refractivity contribution in [2.45, 2.75) is 6.92 Å². The van der Waals surface area contributed by atoms with Gasteiger partial charge in [-0.3, -0.25) is 0 Å². The van der Waals surface area contributed by atoms with Gasteiger partial charge < -0.3 is 9.88 Å². The van der Waals surface area contributed by atoms with Crippen LogP contribution in [0.1, 0.15) is 5.69 Å². The van der Waals surface area contributed by atoms with Crippen molar-refractivity contribution in [3.8, 4) is 5.95 Å². The van der Waals surface area contributed by atoms with E-state index in [9.17, 15) is 0 Å². The number of anilines is 2. The number of aromatic nitrogens is 6. The van der Waals surface area contributed by atoms with Gasteiger partial charge in [-0.2, -0.15) is 15.1 Å². The molecule has 0 radical (unpaired) electrons. The molecule has 3 aromatic heterocycles. The van der Waals surface area contributed by atoms with Crippen molar-refractivity contribution < 1.29 is 0 Å². The number of benzene rings is 1. The van der Waals surface area contributed by atoms with Crippen LogP contribution in [0.4, 0.5) is 11.5 Å². The summed E-state index contributed by atoms with van der Waals surface area (Å²) in [6, 6.07) is 11.8. The Kier molecular flexibility index (Phi) is 3.04. The molecule has 1 N–H and O–H groups in total. The lowest BCUT2D eigenvalue weighted by molar-refractivity contribution is 0.798. The first-order valence-corrected chi connectivity index (χ1v) is 7.24. The second-order valence-electron chi connectivity index (χ2n) is 5.29. The van der Waals surface area contributed by atoms with E-state index in [2.05, 4.69) is 25.4 Å². The number of fused-ring (bicyclic) bond motifs is 1. The molecule has 0 aliphatic carbocycles. The first kappa shape index (κ1) is 13.4. The molecule has 0 aliphatic rings. The number of nitrogens with one attached hydrogen (secondary N) is 1. The largest absolute Gasteiger partial charge is 0.338 e. The minimum Gasteiger partial charge on any atom is -0.338 e. The van der Waals surface area contributed by atoms with Gasteiger partial charge in [-0.25, -0.2) is 9.67 Å². The van der Waals surface area contributed by atoms with E-state index in [-0.39, 0.29) is 0 Å². The molecule has 1 aromatic carbocycles. The van der Waals surface area contributed by atoms with E-state index in [4.69, 9.17) is 0 Å². The Morgan fingerprint density at radius 3 is 2.61 bits per heavy atom. The molecule has 0 bridgehead atoms. The monoisotopic (exact) mass is 305 g/mol. The maximum atomic E-state index is 4.60. The van der Waals surface area contributed by atoms with Gasteiger partial charge in [0, 0.05) is 18.9 Å². The van der Waals surface area contributed by atoms with Crippen LogP contribution in [-0.2, 0) is 7.05 Å². The van der Waals surface area contributed by atoms with Crippen LogP contribution in [0.5, 0.6) is 0 Å². The van der Waals surface area contributed by atoms with Crippen LogP contribution in [0.15, 0.2) is 48.9 Å². The molecule has 3 heterocycles. The summed E-state index contributed by atoms with van der Waals surface area (Å²) in [5, 5.41) is 7.69. The number of hydrogen-bond acceptors (Lipinski definition) is 5. The van der Waals surface area contributed by atoms with E-state index in [0.29, 0.717) is 11.8 Å². The van der Waals surface area contributed by atoms with Gasteiger partial charge in [-0.1, -0.05) is 18.2 Å². The number of para-hydroxylation sites is 1. The Labute approximate surface area is 132 Å². The van der Waals surface area contributed by atoms with E-state index in [1.165, 1.54) is 0 Å². The van der Waals surface area contributed by atoms with Crippen molar-refractivity contribution in [3.05, 3.63) is 54.6 Å². The fourth-order valence-corrected chi connectivity index (χ4v) is 2.37. The second-order valence-corrected chi connectivity index (χ2v) is 5.29. The predicted molar refractivity (Wildman–Crippen MR) is 87.9 cm³/mol. The van der Waals surface area contributed by atoms with Gasteiger partial charge in [0.05, 0.1) is 12.0 Å². The fourth-order valence-electron chi connectivity index (χ4n) is 2.37. The molecule has 23 heavy (non-hydrogen) atoms. The summed E-state index contributed by atoms with van der Waals surface area (Å²) in [6.45, 7) is 1.93. The Morgan fingerprint density at radius 2 is 1.87 bits per heavy atom. The maximum Gasteiger partial charge on any atom is 0.254 e. The molecule has 0 saturated heterocycles. The van der Waals surface area contributed by atoms with Crippen molar-refractivity contribution in [1.29, 1.82) is 0 Å². The highest BCUT2D eigenvalue weighted by molar-refractivity contribution is 5.85. The molecule has 0 fully saturated rings. The first-order chi connectivity index (χ1) is 11.2. The third-order valence-electron chi connectivity index (χ3n) is 3.51. The van der Waals surface area contributed by atoms with Crippen LogP contribution < -0.4 is 5.32 Å². The molecule has 0 spiro atoms. The van der Waals surface area contributed by atoms with Crippen molar-refractivity contribution in [2.24, 2.45) is 7.05 Å². The molecular weight excluding hydrogens is 290 g/mol. The molecule has 0 amide bonds. The summed E-state index contributed by atoms with van der Waals surface area (Å²) in [4.78, 5) is 13.6. The summed E-state index contributed by atoms with van der Waals surface area (Å²) < 4.78 is 3.53. The Balaban J connectivity index is 1.88. The Morgan fingerprint density at radius 1 is 1.04 bits per heavy atom. The normalized spacial score (nSPS) is 11.0. The molecule has 4 rings (SSSR count). The summed E-state index contributed by atoms with van der Waals surface area (Å²) in [7, 11) is 1.91. The van der Waals surface area contributed by atoms with Gasteiger partial charge >= 0.3 is 0 Å². The Hall–Kier alpha value is -3.22. The minimum absolute atomic E-state index is 0.507. The van der Waals surface area contributed by atoms with Crippen LogP contribution in [0.2, 0.25) is 0 Å². The van der Waals surface area contributed by atoms with Crippen molar-refractivity contribution >= 4 is 22.7 Å². The van der Waals surface area contributed by atoms with E-state index in [1.54, 1.807) is 11.0 Å². The lowest BCUT2D eigenvalue weighted by Crippen LogP contribution is -2.06. The molecule has 0 unspecified atom stereocenters. The zero-order chi connectivity index (χ0) is 15.8. The SMILES string of the molecule is Cc1ccn(-c2nc(Nc3ccccc3)c3ncn(C)c3n2)n1. The van der Waals surface area contributed by atoms with Crippen molar-refractivity contribution in [3.63, 3.8) is 0 Å². The summed E-state index contributed by atoms with van der Waals surface area (Å²) in [5.74, 6) is 1.16. The van der Waals surface area contributed by atoms with E-state index < -0.39 is 0 Å². The van der Waals surface area contributed by atoms with Gasteiger partial charge in [-0.05, 0) is 25.1 Å². The van der Waals surface area contributed by atoms with Gasteiger partial charge in [-0.15, -0.1) is 0 Å². The second kappa shape index (κ2) is 5.20. The van der Waals surface area contributed by atoms with E-state index in [0.717, 1.165) is 22.5 Å². The van der Waals surface area contributed by atoms with E-state index in [1.807, 2.05) is 61.1 Å².